The first-order valence-electron chi connectivity index (χ1n) is 7.34. The highest BCUT2D eigenvalue weighted by Gasteiger charge is 2.24. The maximum Gasteiger partial charge on any atom is 0.233 e. The van der Waals surface area contributed by atoms with Gasteiger partial charge in [0.1, 0.15) is 0 Å². The molecular formula is C14H21N5OS. The Morgan fingerprint density at radius 3 is 2.71 bits per heavy atom. The highest BCUT2D eigenvalue weighted by Crippen LogP contribution is 2.24. The highest BCUT2D eigenvalue weighted by molar-refractivity contribution is 7.13. The number of hydrogen-bond acceptors (Lipinski definition) is 7. The molecule has 1 fully saturated rings. The van der Waals surface area contributed by atoms with E-state index in [1.54, 1.807) is 11.3 Å². The van der Waals surface area contributed by atoms with E-state index in [9.17, 15) is 0 Å². The number of hydrogen-bond donors (Lipinski definition) is 0. The van der Waals surface area contributed by atoms with Crippen molar-refractivity contribution in [1.82, 2.24) is 20.1 Å². The zero-order chi connectivity index (χ0) is 14.8. The molecule has 0 radical (unpaired) electrons. The van der Waals surface area contributed by atoms with Crippen molar-refractivity contribution in [3.05, 3.63) is 22.9 Å². The van der Waals surface area contributed by atoms with Gasteiger partial charge in [-0.25, -0.2) is 4.98 Å². The minimum absolute atomic E-state index is 0.171. The molecule has 7 heteroatoms. The number of rotatable bonds is 3. The monoisotopic (exact) mass is 307 g/mol. The van der Waals surface area contributed by atoms with Gasteiger partial charge < -0.3 is 9.32 Å². The lowest BCUT2D eigenvalue weighted by molar-refractivity contribution is 0.194. The lowest BCUT2D eigenvalue weighted by atomic mass is 10.2. The average molecular weight is 307 g/mol. The Morgan fingerprint density at radius 1 is 1.19 bits per heavy atom. The molecule has 0 aromatic carbocycles. The van der Waals surface area contributed by atoms with Crippen LogP contribution in [0.5, 0.6) is 0 Å². The van der Waals surface area contributed by atoms with Gasteiger partial charge >= 0.3 is 0 Å². The molecule has 0 aliphatic carbocycles. The molecule has 0 amide bonds. The summed E-state index contributed by atoms with van der Waals surface area (Å²) in [5.74, 6) is 1.35. The molecule has 2 aromatic rings. The summed E-state index contributed by atoms with van der Waals surface area (Å²) in [5.41, 5.74) is 1.10. The standard InChI is InChI=1S/C14H21N5OS/c1-10-9-21-14(15-10)19-6-4-5-18(7-8-19)11(2)13-17-16-12(3)20-13/h9,11H,4-8H2,1-3H3. The number of aryl methyl sites for hydroxylation is 2. The summed E-state index contributed by atoms with van der Waals surface area (Å²) < 4.78 is 5.57. The minimum atomic E-state index is 0.171. The van der Waals surface area contributed by atoms with Crippen molar-refractivity contribution in [3.8, 4) is 0 Å². The van der Waals surface area contributed by atoms with Crippen LogP contribution in [0, 0.1) is 13.8 Å². The lowest BCUT2D eigenvalue weighted by Crippen LogP contribution is -2.32. The number of anilines is 1. The molecule has 6 nitrogen and oxygen atoms in total. The molecule has 2 aromatic heterocycles. The highest BCUT2D eigenvalue weighted by atomic mass is 32.1. The minimum Gasteiger partial charge on any atom is -0.424 e. The quantitative estimate of drug-likeness (QED) is 0.868. The molecule has 3 rings (SSSR count). The SMILES string of the molecule is Cc1csc(N2CCCN(C(C)c3nnc(C)o3)CC2)n1. The van der Waals surface area contributed by atoms with Crippen LogP contribution in [0.4, 0.5) is 5.13 Å². The van der Waals surface area contributed by atoms with Gasteiger partial charge in [-0.3, -0.25) is 4.90 Å². The van der Waals surface area contributed by atoms with Crippen molar-refractivity contribution in [3.63, 3.8) is 0 Å². The number of thiazole rings is 1. The summed E-state index contributed by atoms with van der Waals surface area (Å²) in [6, 6.07) is 0.171. The fourth-order valence-electron chi connectivity index (χ4n) is 2.64. The predicted molar refractivity (Wildman–Crippen MR) is 82.7 cm³/mol. The van der Waals surface area contributed by atoms with Gasteiger partial charge in [-0.2, -0.15) is 0 Å². The summed E-state index contributed by atoms with van der Waals surface area (Å²) in [7, 11) is 0. The van der Waals surface area contributed by atoms with Crippen LogP contribution in [0.2, 0.25) is 0 Å². The van der Waals surface area contributed by atoms with Crippen molar-refractivity contribution in [1.29, 1.82) is 0 Å². The summed E-state index contributed by atoms with van der Waals surface area (Å²) in [4.78, 5) is 9.38. The Bertz CT molecular complexity index is 596. The Hall–Kier alpha value is -1.47. The van der Waals surface area contributed by atoms with Gasteiger partial charge in [-0.15, -0.1) is 21.5 Å². The molecule has 1 unspecified atom stereocenters. The zero-order valence-corrected chi connectivity index (χ0v) is 13.6. The lowest BCUT2D eigenvalue weighted by Gasteiger charge is -2.25. The first-order valence-corrected chi connectivity index (χ1v) is 8.22. The van der Waals surface area contributed by atoms with E-state index >= 15 is 0 Å². The molecule has 0 spiro atoms. The van der Waals surface area contributed by atoms with Crippen molar-refractivity contribution in [2.45, 2.75) is 33.2 Å². The number of nitrogens with zero attached hydrogens (tertiary/aromatic N) is 5. The van der Waals surface area contributed by atoms with Gasteiger partial charge in [-0.05, 0) is 20.3 Å². The topological polar surface area (TPSA) is 58.3 Å². The van der Waals surface area contributed by atoms with E-state index in [0.29, 0.717) is 11.8 Å². The van der Waals surface area contributed by atoms with Gasteiger partial charge in [0.2, 0.25) is 11.8 Å². The van der Waals surface area contributed by atoms with Gasteiger partial charge in [0.05, 0.1) is 11.7 Å². The maximum absolute atomic E-state index is 5.57. The summed E-state index contributed by atoms with van der Waals surface area (Å²) in [6.07, 6.45) is 1.12. The zero-order valence-electron chi connectivity index (χ0n) is 12.7. The molecular weight excluding hydrogens is 286 g/mol. The Morgan fingerprint density at radius 2 is 2.05 bits per heavy atom. The van der Waals surface area contributed by atoms with Gasteiger partial charge in [0, 0.05) is 38.5 Å². The van der Waals surface area contributed by atoms with Gasteiger partial charge in [-0.1, -0.05) is 0 Å². The Balaban J connectivity index is 1.65. The second kappa shape index (κ2) is 6.11. The second-order valence-electron chi connectivity index (χ2n) is 5.48. The second-order valence-corrected chi connectivity index (χ2v) is 6.32. The third kappa shape index (κ3) is 3.24. The summed E-state index contributed by atoms with van der Waals surface area (Å²) >= 11 is 1.73. The normalized spacial score (nSPS) is 18.7. The fraction of sp³-hybridized carbons (Fsp3) is 0.643. The van der Waals surface area contributed by atoms with Gasteiger partial charge in [0.25, 0.3) is 0 Å². The van der Waals surface area contributed by atoms with E-state index in [2.05, 4.69) is 37.3 Å². The molecule has 3 heterocycles. The molecule has 1 atom stereocenters. The molecule has 1 aliphatic heterocycles. The van der Waals surface area contributed by atoms with Crippen molar-refractivity contribution in [2.75, 3.05) is 31.1 Å². The third-order valence-corrected chi connectivity index (χ3v) is 4.87. The Labute approximate surface area is 128 Å². The van der Waals surface area contributed by atoms with Gasteiger partial charge in [0.15, 0.2) is 5.13 Å². The van der Waals surface area contributed by atoms with Crippen molar-refractivity contribution in [2.24, 2.45) is 0 Å². The van der Waals surface area contributed by atoms with Crippen molar-refractivity contribution < 1.29 is 4.42 Å². The average Bonchev–Trinajstić information content (AvgIpc) is 3.00. The van der Waals surface area contributed by atoms with E-state index in [1.807, 2.05) is 13.8 Å². The molecule has 21 heavy (non-hydrogen) atoms. The molecule has 0 bridgehead atoms. The van der Waals surface area contributed by atoms with Crippen LogP contribution in [0.25, 0.3) is 0 Å². The van der Waals surface area contributed by atoms with Crippen molar-refractivity contribution >= 4 is 16.5 Å². The van der Waals surface area contributed by atoms with Crippen LogP contribution in [0.1, 0.15) is 36.9 Å². The van der Waals surface area contributed by atoms with E-state index in [1.165, 1.54) is 0 Å². The fourth-order valence-corrected chi connectivity index (χ4v) is 3.50. The molecule has 0 N–H and O–H groups in total. The van der Waals surface area contributed by atoms with Crippen LogP contribution in [-0.4, -0.2) is 46.3 Å². The van der Waals surface area contributed by atoms with E-state index in [0.717, 1.165) is 43.4 Å². The van der Waals surface area contributed by atoms with Crippen LogP contribution in [0.3, 0.4) is 0 Å². The number of aromatic nitrogens is 3. The first kappa shape index (κ1) is 14.5. The predicted octanol–water partition coefficient (Wildman–Crippen LogP) is 2.42. The van der Waals surface area contributed by atoms with Crippen LogP contribution in [-0.2, 0) is 0 Å². The summed E-state index contributed by atoms with van der Waals surface area (Å²) in [5, 5.41) is 11.3. The molecule has 0 saturated carbocycles. The van der Waals surface area contributed by atoms with Crippen LogP contribution in [0.15, 0.2) is 9.80 Å². The molecule has 1 aliphatic rings. The largest absolute Gasteiger partial charge is 0.424 e. The van der Waals surface area contributed by atoms with Crippen LogP contribution >= 0.6 is 11.3 Å². The maximum atomic E-state index is 5.57. The van der Waals surface area contributed by atoms with E-state index in [-0.39, 0.29) is 6.04 Å². The smallest absolute Gasteiger partial charge is 0.233 e. The Kier molecular flexibility index (Phi) is 4.21. The first-order chi connectivity index (χ1) is 10.1. The molecule has 1 saturated heterocycles. The summed E-state index contributed by atoms with van der Waals surface area (Å²) in [6.45, 7) is 10.1. The van der Waals surface area contributed by atoms with Crippen LogP contribution < -0.4 is 4.90 Å². The third-order valence-electron chi connectivity index (χ3n) is 3.85. The molecule has 114 valence electrons. The van der Waals surface area contributed by atoms with E-state index < -0.39 is 0 Å². The van der Waals surface area contributed by atoms with E-state index in [4.69, 9.17) is 4.42 Å².